The van der Waals surface area contributed by atoms with E-state index in [1.165, 1.54) is 24.3 Å². The third-order valence-corrected chi connectivity index (χ3v) is 2.95. The number of rotatable bonds is 2. The monoisotopic (exact) mass is 374 g/mol. The van der Waals surface area contributed by atoms with Crippen LogP contribution in [0.15, 0.2) is 27.9 Å². The van der Waals surface area contributed by atoms with E-state index in [0.717, 1.165) is 6.07 Å². The normalized spacial score (nSPS) is 10.0. The molecular formula is C12H3BrClF3N4. The van der Waals surface area contributed by atoms with E-state index in [0.29, 0.717) is 0 Å². The van der Waals surface area contributed by atoms with E-state index >= 15 is 0 Å². The highest BCUT2D eigenvalue weighted by atomic mass is 79.9. The van der Waals surface area contributed by atoms with Crippen LogP contribution in [0.2, 0.25) is 5.02 Å². The van der Waals surface area contributed by atoms with Gasteiger partial charge in [0.2, 0.25) is 0 Å². The third kappa shape index (κ3) is 3.88. The topological polar surface area (TPSA) is 83.4 Å². The first-order valence-electron chi connectivity index (χ1n) is 5.02. The fourth-order valence-electron chi connectivity index (χ4n) is 1.33. The van der Waals surface area contributed by atoms with Crippen molar-refractivity contribution in [2.45, 2.75) is 6.18 Å². The second-order valence-electron chi connectivity index (χ2n) is 3.52. The standard InChI is InChI=1S/C12H3BrClF3N4/c13-7-1-8(12(15,16)17)11(9(14)2-7)21-10(5-20)6(3-18)4-19/h1-2,21H. The maximum Gasteiger partial charge on any atom is 0.418 e. The molecule has 0 heterocycles. The van der Waals surface area contributed by atoms with Gasteiger partial charge in [-0.15, -0.1) is 0 Å². The summed E-state index contributed by atoms with van der Waals surface area (Å²) in [5, 5.41) is 28.0. The fraction of sp³-hybridized carbons (Fsp3) is 0.0833. The van der Waals surface area contributed by atoms with Crippen molar-refractivity contribution >= 4 is 33.2 Å². The average molecular weight is 376 g/mol. The average Bonchev–Trinajstić information content (AvgIpc) is 2.39. The molecule has 0 unspecified atom stereocenters. The Hall–Kier alpha value is -2.21. The van der Waals surface area contributed by atoms with Gasteiger partial charge in [0, 0.05) is 4.47 Å². The molecular weight excluding hydrogens is 373 g/mol. The molecule has 0 aliphatic rings. The predicted molar refractivity (Wildman–Crippen MR) is 71.6 cm³/mol. The SMILES string of the molecule is N#CC(C#N)=C(C#N)Nc1c(Cl)cc(Br)cc1C(F)(F)F. The van der Waals surface area contributed by atoms with E-state index in [1.54, 1.807) is 0 Å². The van der Waals surface area contributed by atoms with Crippen LogP contribution in [0.4, 0.5) is 18.9 Å². The van der Waals surface area contributed by atoms with Crippen molar-refractivity contribution in [3.05, 3.63) is 38.5 Å². The zero-order valence-corrected chi connectivity index (χ0v) is 12.2. The molecule has 1 aromatic carbocycles. The number of anilines is 1. The van der Waals surface area contributed by atoms with Crippen LogP contribution in [0, 0.1) is 34.0 Å². The molecule has 0 bridgehead atoms. The Morgan fingerprint density at radius 3 is 2.14 bits per heavy atom. The predicted octanol–water partition coefficient (Wildman–Crippen LogP) is 4.36. The molecule has 0 fully saturated rings. The first-order chi connectivity index (χ1) is 9.74. The number of hydrogen-bond acceptors (Lipinski definition) is 4. The van der Waals surface area contributed by atoms with Crippen molar-refractivity contribution in [2.75, 3.05) is 5.32 Å². The Bertz CT molecular complexity index is 719. The molecule has 0 aliphatic heterocycles. The molecule has 1 N–H and O–H groups in total. The van der Waals surface area contributed by atoms with Crippen molar-refractivity contribution in [2.24, 2.45) is 0 Å². The summed E-state index contributed by atoms with van der Waals surface area (Å²) < 4.78 is 39.0. The van der Waals surface area contributed by atoms with Crippen LogP contribution in [0.3, 0.4) is 0 Å². The molecule has 0 radical (unpaired) electrons. The minimum Gasteiger partial charge on any atom is -0.343 e. The molecule has 9 heteroatoms. The number of benzene rings is 1. The molecule has 0 amide bonds. The van der Waals surface area contributed by atoms with Gasteiger partial charge in [-0.2, -0.15) is 29.0 Å². The van der Waals surface area contributed by atoms with Gasteiger partial charge in [0.1, 0.15) is 23.9 Å². The second-order valence-corrected chi connectivity index (χ2v) is 4.84. The number of allylic oxidation sites excluding steroid dienone is 2. The lowest BCUT2D eigenvalue weighted by Crippen LogP contribution is -2.12. The van der Waals surface area contributed by atoms with E-state index in [-0.39, 0.29) is 9.50 Å². The van der Waals surface area contributed by atoms with Gasteiger partial charge in [-0.3, -0.25) is 0 Å². The molecule has 0 atom stereocenters. The number of hydrogen-bond donors (Lipinski definition) is 1. The van der Waals surface area contributed by atoms with Crippen molar-refractivity contribution in [3.8, 4) is 18.2 Å². The van der Waals surface area contributed by atoms with E-state index in [4.69, 9.17) is 27.4 Å². The highest BCUT2D eigenvalue weighted by Gasteiger charge is 2.35. The number of nitriles is 3. The highest BCUT2D eigenvalue weighted by Crippen LogP contribution is 2.41. The summed E-state index contributed by atoms with van der Waals surface area (Å²) in [6.07, 6.45) is -4.74. The summed E-state index contributed by atoms with van der Waals surface area (Å²) in [4.78, 5) is 0. The molecule has 0 saturated heterocycles. The Kier molecular flexibility index (Phi) is 5.21. The first kappa shape index (κ1) is 16.8. The smallest absolute Gasteiger partial charge is 0.343 e. The summed E-state index contributed by atoms with van der Waals surface area (Å²) in [5.41, 5.74) is -3.00. The van der Waals surface area contributed by atoms with E-state index < -0.39 is 28.7 Å². The van der Waals surface area contributed by atoms with Gasteiger partial charge < -0.3 is 5.32 Å². The summed E-state index contributed by atoms with van der Waals surface area (Å²) in [7, 11) is 0. The zero-order chi connectivity index (χ0) is 16.2. The van der Waals surface area contributed by atoms with Gasteiger partial charge in [-0.05, 0) is 12.1 Å². The van der Waals surface area contributed by atoms with Gasteiger partial charge in [-0.25, -0.2) is 0 Å². The van der Waals surface area contributed by atoms with Crippen molar-refractivity contribution in [1.29, 1.82) is 15.8 Å². The van der Waals surface area contributed by atoms with Crippen molar-refractivity contribution < 1.29 is 13.2 Å². The second kappa shape index (κ2) is 6.49. The van der Waals surface area contributed by atoms with Gasteiger partial charge in [0.05, 0.1) is 16.3 Å². The molecule has 0 aliphatic carbocycles. The lowest BCUT2D eigenvalue weighted by molar-refractivity contribution is -0.137. The van der Waals surface area contributed by atoms with Crippen LogP contribution >= 0.6 is 27.5 Å². The van der Waals surface area contributed by atoms with Crippen LogP contribution in [0.5, 0.6) is 0 Å². The Morgan fingerprint density at radius 2 is 1.71 bits per heavy atom. The number of alkyl halides is 3. The van der Waals surface area contributed by atoms with Gasteiger partial charge in [-0.1, -0.05) is 27.5 Å². The lowest BCUT2D eigenvalue weighted by Gasteiger charge is -2.16. The van der Waals surface area contributed by atoms with Crippen LogP contribution in [-0.4, -0.2) is 0 Å². The Labute approximate surface area is 130 Å². The summed E-state index contributed by atoms with van der Waals surface area (Å²) in [6, 6.07) is 6.24. The molecule has 1 rings (SSSR count). The van der Waals surface area contributed by atoms with Crippen LogP contribution in [0.25, 0.3) is 0 Å². The summed E-state index contributed by atoms with van der Waals surface area (Å²) >= 11 is 8.63. The Balaban J connectivity index is 3.54. The molecule has 4 nitrogen and oxygen atoms in total. The lowest BCUT2D eigenvalue weighted by atomic mass is 10.1. The minimum atomic E-state index is -4.74. The molecule has 0 spiro atoms. The van der Waals surface area contributed by atoms with Crippen LogP contribution in [0.1, 0.15) is 5.56 Å². The van der Waals surface area contributed by atoms with E-state index in [9.17, 15) is 13.2 Å². The third-order valence-electron chi connectivity index (χ3n) is 2.20. The minimum absolute atomic E-state index is 0.0913. The van der Waals surface area contributed by atoms with Crippen molar-refractivity contribution in [3.63, 3.8) is 0 Å². The van der Waals surface area contributed by atoms with Gasteiger partial charge in [0.25, 0.3) is 0 Å². The van der Waals surface area contributed by atoms with E-state index in [2.05, 4.69) is 21.2 Å². The maximum atomic E-state index is 13.0. The fourth-order valence-corrected chi connectivity index (χ4v) is 2.19. The first-order valence-corrected chi connectivity index (χ1v) is 6.19. The zero-order valence-electron chi connectivity index (χ0n) is 9.89. The van der Waals surface area contributed by atoms with Crippen LogP contribution in [-0.2, 0) is 6.18 Å². The van der Waals surface area contributed by atoms with Crippen molar-refractivity contribution in [1.82, 2.24) is 0 Å². The highest BCUT2D eigenvalue weighted by molar-refractivity contribution is 9.10. The largest absolute Gasteiger partial charge is 0.418 e. The quantitative estimate of drug-likeness (QED) is 0.779. The number of nitrogens with one attached hydrogen (secondary N) is 1. The molecule has 0 aromatic heterocycles. The molecule has 106 valence electrons. The molecule has 0 saturated carbocycles. The van der Waals surface area contributed by atoms with Crippen LogP contribution < -0.4 is 5.32 Å². The summed E-state index contributed by atoms with van der Waals surface area (Å²) in [5.74, 6) is 0. The number of nitrogens with zero attached hydrogens (tertiary/aromatic N) is 3. The van der Waals surface area contributed by atoms with E-state index in [1.807, 2.05) is 0 Å². The van der Waals surface area contributed by atoms with Gasteiger partial charge >= 0.3 is 6.18 Å². The Morgan fingerprint density at radius 1 is 1.14 bits per heavy atom. The molecule has 21 heavy (non-hydrogen) atoms. The van der Waals surface area contributed by atoms with Gasteiger partial charge in [0.15, 0.2) is 5.57 Å². The summed E-state index contributed by atoms with van der Waals surface area (Å²) in [6.45, 7) is 0. The number of halogens is 5. The maximum absolute atomic E-state index is 13.0. The molecule has 1 aromatic rings.